The Labute approximate surface area is 129 Å². The Morgan fingerprint density at radius 1 is 1.05 bits per heavy atom. The maximum absolute atomic E-state index is 3.27. The molecule has 0 aliphatic carbocycles. The van der Waals surface area contributed by atoms with E-state index in [1.807, 2.05) is 34.7 Å². The van der Waals surface area contributed by atoms with E-state index in [0.717, 1.165) is 19.6 Å². The van der Waals surface area contributed by atoms with Gasteiger partial charge in [0.2, 0.25) is 0 Å². The van der Waals surface area contributed by atoms with Gasteiger partial charge in [-0.2, -0.15) is 0 Å². The van der Waals surface area contributed by atoms with Crippen LogP contribution >= 0.6 is 0 Å². The van der Waals surface area contributed by atoms with Crippen molar-refractivity contribution in [3.05, 3.63) is 0 Å². The van der Waals surface area contributed by atoms with Crippen molar-refractivity contribution >= 4 is 0 Å². The van der Waals surface area contributed by atoms with Gasteiger partial charge in [-0.3, -0.25) is 0 Å². The van der Waals surface area contributed by atoms with E-state index in [-0.39, 0.29) is 5.54 Å². The minimum absolute atomic E-state index is 0.240. The largest absolute Gasteiger partial charge is 0.314 e. The van der Waals surface area contributed by atoms with Crippen molar-refractivity contribution < 1.29 is 0 Å². The summed E-state index contributed by atoms with van der Waals surface area (Å²) in [7, 11) is 8.31. The van der Waals surface area contributed by atoms with Crippen LogP contribution in [0.15, 0.2) is 0 Å². The van der Waals surface area contributed by atoms with Gasteiger partial charge >= 0.3 is 0 Å². The molecule has 1 aliphatic heterocycles. The van der Waals surface area contributed by atoms with Crippen molar-refractivity contribution in [3.63, 3.8) is 0 Å². The van der Waals surface area contributed by atoms with Gasteiger partial charge in [-0.05, 0) is 42.0 Å². The second-order valence-electron chi connectivity index (χ2n) is 5.42. The SMILES string of the molecule is CC.CC.CN1CCNCC1.CNC(C)(C)CN(C)C. The molecular weight excluding hydrogens is 248 g/mol. The van der Waals surface area contributed by atoms with E-state index in [9.17, 15) is 0 Å². The van der Waals surface area contributed by atoms with Crippen LogP contribution in [0.3, 0.4) is 0 Å². The highest BCUT2D eigenvalue weighted by Crippen LogP contribution is 2.00. The topological polar surface area (TPSA) is 30.5 Å². The van der Waals surface area contributed by atoms with Gasteiger partial charge in [0, 0.05) is 38.3 Å². The van der Waals surface area contributed by atoms with Crippen LogP contribution in [0.1, 0.15) is 41.5 Å². The molecule has 1 heterocycles. The van der Waals surface area contributed by atoms with E-state index in [0.29, 0.717) is 0 Å². The first kappa shape index (κ1) is 24.8. The molecule has 4 heteroatoms. The number of nitrogens with zero attached hydrogens (tertiary/aromatic N) is 2. The average Bonchev–Trinajstić information content (AvgIpc) is 2.43. The molecule has 0 bridgehead atoms. The van der Waals surface area contributed by atoms with Gasteiger partial charge in [-0.1, -0.05) is 27.7 Å². The van der Waals surface area contributed by atoms with Crippen molar-refractivity contribution in [1.82, 2.24) is 20.4 Å². The maximum atomic E-state index is 3.27. The summed E-state index contributed by atoms with van der Waals surface area (Å²) in [5.74, 6) is 0. The molecule has 0 aromatic heterocycles. The Hall–Kier alpha value is -0.160. The Kier molecular flexibility index (Phi) is 21.0. The van der Waals surface area contributed by atoms with Crippen LogP contribution < -0.4 is 10.6 Å². The first-order valence-corrected chi connectivity index (χ1v) is 8.10. The number of hydrogen-bond donors (Lipinski definition) is 2. The molecule has 2 N–H and O–H groups in total. The molecule has 0 unspecified atom stereocenters. The molecule has 126 valence electrons. The Balaban J connectivity index is -0.000000234. The predicted octanol–water partition coefficient (Wildman–Crippen LogP) is 2.12. The molecule has 20 heavy (non-hydrogen) atoms. The molecule has 1 aliphatic rings. The van der Waals surface area contributed by atoms with Gasteiger partial charge in [0.15, 0.2) is 0 Å². The fourth-order valence-electron chi connectivity index (χ4n) is 1.65. The minimum Gasteiger partial charge on any atom is -0.314 e. The van der Waals surface area contributed by atoms with E-state index in [1.165, 1.54) is 13.1 Å². The van der Waals surface area contributed by atoms with Crippen molar-refractivity contribution in [3.8, 4) is 0 Å². The molecule has 0 saturated carbocycles. The summed E-state index contributed by atoms with van der Waals surface area (Å²) in [5.41, 5.74) is 0.240. The molecule has 0 aromatic rings. The third-order valence-corrected chi connectivity index (χ3v) is 2.73. The van der Waals surface area contributed by atoms with Gasteiger partial charge in [0.05, 0.1) is 0 Å². The van der Waals surface area contributed by atoms with Gasteiger partial charge < -0.3 is 20.4 Å². The van der Waals surface area contributed by atoms with Gasteiger partial charge in [0.1, 0.15) is 0 Å². The minimum atomic E-state index is 0.240. The Morgan fingerprint density at radius 2 is 1.45 bits per heavy atom. The third kappa shape index (κ3) is 20.2. The molecule has 1 fully saturated rings. The highest BCUT2D eigenvalue weighted by atomic mass is 15.2. The first-order chi connectivity index (χ1) is 9.37. The first-order valence-electron chi connectivity index (χ1n) is 8.10. The smallest absolute Gasteiger partial charge is 0.0249 e. The quantitative estimate of drug-likeness (QED) is 0.833. The molecule has 0 aromatic carbocycles. The zero-order valence-corrected chi connectivity index (χ0v) is 15.9. The Bertz CT molecular complexity index is 164. The van der Waals surface area contributed by atoms with Crippen molar-refractivity contribution in [1.29, 1.82) is 0 Å². The maximum Gasteiger partial charge on any atom is 0.0249 e. The third-order valence-electron chi connectivity index (χ3n) is 2.73. The van der Waals surface area contributed by atoms with Crippen LogP contribution in [0.2, 0.25) is 0 Å². The molecule has 0 radical (unpaired) electrons. The van der Waals surface area contributed by atoms with E-state index in [1.54, 1.807) is 0 Å². The number of nitrogens with one attached hydrogen (secondary N) is 2. The zero-order chi connectivity index (χ0) is 16.6. The van der Waals surface area contributed by atoms with Crippen LogP contribution in [0.25, 0.3) is 0 Å². The van der Waals surface area contributed by atoms with E-state index in [2.05, 4.69) is 55.4 Å². The average molecular weight is 291 g/mol. The highest BCUT2D eigenvalue weighted by Gasteiger charge is 2.14. The van der Waals surface area contributed by atoms with Crippen LogP contribution in [0.4, 0.5) is 0 Å². The van der Waals surface area contributed by atoms with Crippen LogP contribution in [-0.4, -0.2) is 76.3 Å². The summed E-state index contributed by atoms with van der Waals surface area (Å²) in [6.45, 7) is 18.2. The lowest BCUT2D eigenvalue weighted by molar-refractivity contribution is 0.282. The molecule has 0 amide bonds. The fourth-order valence-corrected chi connectivity index (χ4v) is 1.65. The monoisotopic (exact) mass is 290 g/mol. The summed E-state index contributed by atoms with van der Waals surface area (Å²) < 4.78 is 0. The summed E-state index contributed by atoms with van der Waals surface area (Å²) in [6, 6.07) is 0. The number of likely N-dealkylation sites (N-methyl/N-ethyl adjacent to an activating group) is 3. The normalized spacial score (nSPS) is 15.2. The molecule has 0 spiro atoms. The lowest BCUT2D eigenvalue weighted by atomic mass is 10.1. The van der Waals surface area contributed by atoms with Gasteiger partial charge in [0.25, 0.3) is 0 Å². The lowest BCUT2D eigenvalue weighted by Crippen LogP contribution is -2.45. The van der Waals surface area contributed by atoms with Crippen molar-refractivity contribution in [2.24, 2.45) is 0 Å². The molecule has 1 saturated heterocycles. The van der Waals surface area contributed by atoms with Crippen molar-refractivity contribution in [2.45, 2.75) is 47.1 Å². The molecule has 4 nitrogen and oxygen atoms in total. The van der Waals surface area contributed by atoms with Crippen LogP contribution in [-0.2, 0) is 0 Å². The Morgan fingerprint density at radius 3 is 1.60 bits per heavy atom. The van der Waals surface area contributed by atoms with Crippen LogP contribution in [0.5, 0.6) is 0 Å². The van der Waals surface area contributed by atoms with Crippen molar-refractivity contribution in [2.75, 3.05) is 60.9 Å². The number of piperazine rings is 1. The number of rotatable bonds is 3. The van der Waals surface area contributed by atoms with E-state index >= 15 is 0 Å². The van der Waals surface area contributed by atoms with Gasteiger partial charge in [-0.15, -0.1) is 0 Å². The van der Waals surface area contributed by atoms with E-state index < -0.39 is 0 Å². The standard InChI is InChI=1S/C7H18N2.C5H12N2.2C2H6/c1-7(2,8-3)6-9(4)5;1-7-4-2-6-3-5-7;2*1-2/h8H,6H2,1-5H3;6H,2-5H2,1H3;2*1-2H3. The fraction of sp³-hybridized carbons (Fsp3) is 1.00. The summed E-state index contributed by atoms with van der Waals surface area (Å²) in [4.78, 5) is 4.51. The summed E-state index contributed by atoms with van der Waals surface area (Å²) >= 11 is 0. The molecule has 1 rings (SSSR count). The summed E-state index contributed by atoms with van der Waals surface area (Å²) in [6.07, 6.45) is 0. The number of hydrogen-bond acceptors (Lipinski definition) is 4. The second-order valence-corrected chi connectivity index (χ2v) is 5.42. The molecular formula is C16H42N4. The predicted molar refractivity (Wildman–Crippen MR) is 94.8 cm³/mol. The second kappa shape index (κ2) is 16.9. The van der Waals surface area contributed by atoms with E-state index in [4.69, 9.17) is 0 Å². The summed E-state index contributed by atoms with van der Waals surface area (Å²) in [5, 5.41) is 6.50. The highest BCUT2D eigenvalue weighted by molar-refractivity contribution is 4.77. The van der Waals surface area contributed by atoms with Gasteiger partial charge in [-0.25, -0.2) is 0 Å². The van der Waals surface area contributed by atoms with Crippen LogP contribution in [0, 0.1) is 0 Å². The zero-order valence-electron chi connectivity index (χ0n) is 15.9. The molecule has 0 atom stereocenters. The lowest BCUT2D eigenvalue weighted by Gasteiger charge is -2.27.